The lowest BCUT2D eigenvalue weighted by molar-refractivity contribution is -0.116. The molecule has 1 N–H and O–H groups in total. The van der Waals surface area contributed by atoms with E-state index in [0.29, 0.717) is 11.4 Å². The number of sulfonamides is 1. The van der Waals surface area contributed by atoms with Crippen LogP contribution in [0.4, 0.5) is 11.4 Å². The molecule has 28 heavy (non-hydrogen) atoms. The minimum absolute atomic E-state index is 0.389. The van der Waals surface area contributed by atoms with Crippen LogP contribution in [-0.4, -0.2) is 26.6 Å². The molecule has 0 bridgehead atoms. The number of carbonyl (C=O) groups excluding carboxylic acids is 1. The molecule has 5 nitrogen and oxygen atoms in total. The maximum atomic E-state index is 13.0. The molecule has 0 heterocycles. The Morgan fingerprint density at radius 1 is 0.964 bits per heavy atom. The molecule has 0 saturated heterocycles. The van der Waals surface area contributed by atoms with E-state index in [4.69, 9.17) is 0 Å². The SMILES string of the molecule is Cc1ccc(N([C@H](C)C(=O)Nc2cccc3ccccc23)S(C)(=O)=O)cc1C. The molecular weight excluding hydrogens is 372 g/mol. The number of hydrogen-bond acceptors (Lipinski definition) is 3. The van der Waals surface area contributed by atoms with Gasteiger partial charge in [-0.3, -0.25) is 9.10 Å². The number of rotatable bonds is 5. The van der Waals surface area contributed by atoms with Crippen LogP contribution < -0.4 is 9.62 Å². The number of hydrogen-bond donors (Lipinski definition) is 1. The maximum Gasteiger partial charge on any atom is 0.248 e. The highest BCUT2D eigenvalue weighted by molar-refractivity contribution is 7.92. The number of nitrogens with zero attached hydrogens (tertiary/aromatic N) is 1. The monoisotopic (exact) mass is 396 g/mol. The molecule has 146 valence electrons. The van der Waals surface area contributed by atoms with Crippen LogP contribution in [0.15, 0.2) is 60.7 Å². The Bertz CT molecular complexity index is 1130. The zero-order valence-electron chi connectivity index (χ0n) is 16.4. The third-order valence-corrected chi connectivity index (χ3v) is 6.12. The largest absolute Gasteiger partial charge is 0.324 e. The quantitative estimate of drug-likeness (QED) is 0.701. The first-order chi connectivity index (χ1) is 13.2. The van der Waals surface area contributed by atoms with E-state index in [2.05, 4.69) is 5.32 Å². The summed E-state index contributed by atoms with van der Waals surface area (Å²) in [6, 6.07) is 17.8. The average Bonchev–Trinajstić information content (AvgIpc) is 2.64. The Hall–Kier alpha value is -2.86. The molecule has 0 fully saturated rings. The van der Waals surface area contributed by atoms with E-state index >= 15 is 0 Å². The molecule has 1 amide bonds. The van der Waals surface area contributed by atoms with Gasteiger partial charge in [-0.05, 0) is 55.5 Å². The third-order valence-electron chi connectivity index (χ3n) is 4.88. The van der Waals surface area contributed by atoms with E-state index in [1.165, 1.54) is 4.31 Å². The fraction of sp³-hybridized carbons (Fsp3) is 0.227. The molecule has 0 aliphatic heterocycles. The Balaban J connectivity index is 1.95. The van der Waals surface area contributed by atoms with Crippen molar-refractivity contribution >= 4 is 38.1 Å². The zero-order valence-corrected chi connectivity index (χ0v) is 17.2. The highest BCUT2D eigenvalue weighted by atomic mass is 32.2. The summed E-state index contributed by atoms with van der Waals surface area (Å²) in [7, 11) is -3.65. The van der Waals surface area contributed by atoms with Crippen molar-refractivity contribution in [2.24, 2.45) is 0 Å². The second-order valence-corrected chi connectivity index (χ2v) is 8.88. The summed E-state index contributed by atoms with van der Waals surface area (Å²) < 4.78 is 26.1. The summed E-state index contributed by atoms with van der Waals surface area (Å²) >= 11 is 0. The van der Waals surface area contributed by atoms with Gasteiger partial charge in [0.25, 0.3) is 0 Å². The van der Waals surface area contributed by atoms with Gasteiger partial charge in [-0.1, -0.05) is 42.5 Å². The lowest BCUT2D eigenvalue weighted by Gasteiger charge is -2.29. The highest BCUT2D eigenvalue weighted by Gasteiger charge is 2.29. The van der Waals surface area contributed by atoms with Crippen molar-refractivity contribution in [3.05, 3.63) is 71.8 Å². The van der Waals surface area contributed by atoms with Crippen LogP contribution in [0.2, 0.25) is 0 Å². The van der Waals surface area contributed by atoms with Crippen molar-refractivity contribution in [3.8, 4) is 0 Å². The smallest absolute Gasteiger partial charge is 0.248 e. The van der Waals surface area contributed by atoms with Crippen LogP contribution in [0.1, 0.15) is 18.1 Å². The number of anilines is 2. The molecule has 1 atom stereocenters. The number of aryl methyl sites for hydroxylation is 2. The van der Waals surface area contributed by atoms with E-state index in [1.54, 1.807) is 19.1 Å². The summed E-state index contributed by atoms with van der Waals surface area (Å²) in [4.78, 5) is 13.0. The molecule has 0 saturated carbocycles. The van der Waals surface area contributed by atoms with Crippen molar-refractivity contribution in [3.63, 3.8) is 0 Å². The van der Waals surface area contributed by atoms with Crippen molar-refractivity contribution in [2.45, 2.75) is 26.8 Å². The van der Waals surface area contributed by atoms with Gasteiger partial charge in [0.15, 0.2) is 0 Å². The van der Waals surface area contributed by atoms with Gasteiger partial charge in [-0.25, -0.2) is 8.42 Å². The number of nitrogens with one attached hydrogen (secondary N) is 1. The topological polar surface area (TPSA) is 66.5 Å². The van der Waals surface area contributed by atoms with E-state index in [9.17, 15) is 13.2 Å². The van der Waals surface area contributed by atoms with Crippen molar-refractivity contribution < 1.29 is 13.2 Å². The molecule has 0 aromatic heterocycles. The first kappa shape index (κ1) is 19.9. The van der Waals surface area contributed by atoms with Crippen LogP contribution in [0.5, 0.6) is 0 Å². The predicted molar refractivity (Wildman–Crippen MR) is 115 cm³/mol. The molecule has 3 aromatic carbocycles. The highest BCUT2D eigenvalue weighted by Crippen LogP contribution is 2.26. The second-order valence-electron chi connectivity index (χ2n) is 7.02. The zero-order chi connectivity index (χ0) is 20.5. The summed E-state index contributed by atoms with van der Waals surface area (Å²) in [6.07, 6.45) is 1.11. The van der Waals surface area contributed by atoms with Gasteiger partial charge in [0.2, 0.25) is 15.9 Å². The van der Waals surface area contributed by atoms with Gasteiger partial charge in [-0.15, -0.1) is 0 Å². The molecule has 0 unspecified atom stereocenters. The molecular formula is C22H24N2O3S. The van der Waals surface area contributed by atoms with Crippen molar-refractivity contribution in [1.29, 1.82) is 0 Å². The van der Waals surface area contributed by atoms with Gasteiger partial charge in [-0.2, -0.15) is 0 Å². The first-order valence-electron chi connectivity index (χ1n) is 9.04. The van der Waals surface area contributed by atoms with E-state index in [1.807, 2.05) is 62.4 Å². The normalized spacial score (nSPS) is 12.6. The van der Waals surface area contributed by atoms with E-state index in [0.717, 1.165) is 28.2 Å². The molecule has 6 heteroatoms. The fourth-order valence-corrected chi connectivity index (χ4v) is 4.41. The lowest BCUT2D eigenvalue weighted by Crippen LogP contribution is -2.45. The number of fused-ring (bicyclic) bond motifs is 1. The minimum Gasteiger partial charge on any atom is -0.324 e. The van der Waals surface area contributed by atoms with E-state index in [-0.39, 0.29) is 5.91 Å². The van der Waals surface area contributed by atoms with Crippen LogP contribution in [-0.2, 0) is 14.8 Å². The molecule has 0 radical (unpaired) electrons. The number of carbonyl (C=O) groups is 1. The molecule has 0 spiro atoms. The Kier molecular flexibility index (Phi) is 5.42. The Morgan fingerprint density at radius 2 is 1.64 bits per heavy atom. The number of benzene rings is 3. The number of amides is 1. The molecule has 0 aliphatic rings. The predicted octanol–water partition coefficient (Wildman–Crippen LogP) is 4.25. The maximum absolute atomic E-state index is 13.0. The first-order valence-corrected chi connectivity index (χ1v) is 10.9. The second kappa shape index (κ2) is 7.64. The van der Waals surface area contributed by atoms with E-state index < -0.39 is 16.1 Å². The minimum atomic E-state index is -3.65. The van der Waals surface area contributed by atoms with Gasteiger partial charge in [0, 0.05) is 11.1 Å². The lowest BCUT2D eigenvalue weighted by atomic mass is 10.1. The standard InChI is InChI=1S/C22H24N2O3S/c1-15-12-13-19(14-16(15)2)24(28(4,26)27)17(3)22(25)23-21-11-7-9-18-8-5-6-10-20(18)21/h5-14,17H,1-4H3,(H,23,25)/t17-/m1/s1. The summed E-state index contributed by atoms with van der Waals surface area (Å²) in [6.45, 7) is 5.47. The molecule has 0 aliphatic carbocycles. The van der Waals surface area contributed by atoms with Crippen LogP contribution in [0.3, 0.4) is 0 Å². The van der Waals surface area contributed by atoms with Crippen LogP contribution in [0, 0.1) is 13.8 Å². The Labute approximate surface area is 166 Å². The Morgan fingerprint density at radius 3 is 2.32 bits per heavy atom. The molecule has 3 aromatic rings. The molecule has 3 rings (SSSR count). The van der Waals surface area contributed by atoms with Crippen molar-refractivity contribution in [1.82, 2.24) is 0 Å². The third kappa shape index (κ3) is 4.02. The van der Waals surface area contributed by atoms with Gasteiger partial charge >= 0.3 is 0 Å². The van der Waals surface area contributed by atoms with Gasteiger partial charge < -0.3 is 5.32 Å². The summed E-state index contributed by atoms with van der Waals surface area (Å²) in [5, 5.41) is 4.80. The summed E-state index contributed by atoms with van der Waals surface area (Å²) in [5.41, 5.74) is 3.16. The van der Waals surface area contributed by atoms with Gasteiger partial charge in [0.1, 0.15) is 6.04 Å². The average molecular weight is 397 g/mol. The van der Waals surface area contributed by atoms with Crippen LogP contribution >= 0.6 is 0 Å². The van der Waals surface area contributed by atoms with Crippen LogP contribution in [0.25, 0.3) is 10.8 Å². The summed E-state index contributed by atoms with van der Waals surface area (Å²) in [5.74, 6) is -0.389. The fourth-order valence-electron chi connectivity index (χ4n) is 3.24. The van der Waals surface area contributed by atoms with Gasteiger partial charge in [0.05, 0.1) is 11.9 Å². The van der Waals surface area contributed by atoms with Crippen molar-refractivity contribution in [2.75, 3.05) is 15.9 Å².